The Balaban J connectivity index is 2.39. The predicted molar refractivity (Wildman–Crippen MR) is 67.7 cm³/mol. The number of likely N-dealkylation sites (N-methyl/N-ethyl adjacent to an activating group) is 1. The van der Waals surface area contributed by atoms with E-state index in [0.29, 0.717) is 0 Å². The number of benzene rings is 1. The topological polar surface area (TPSA) is 21.1 Å². The summed E-state index contributed by atoms with van der Waals surface area (Å²) in [7, 11) is 4.20. The van der Waals surface area contributed by atoms with Gasteiger partial charge in [-0.2, -0.15) is 0 Å². The largest absolute Gasteiger partial charge is 0.327 e. The summed E-state index contributed by atoms with van der Waals surface area (Å²) in [5.41, 5.74) is 2.36. The lowest BCUT2D eigenvalue weighted by molar-refractivity contribution is 0.383. The Morgan fingerprint density at radius 3 is 2.69 bits per heavy atom. The minimum absolute atomic E-state index is 0.988. The third-order valence-electron chi connectivity index (χ3n) is 2.82. The SMILES string of the molecule is CCc1nc2ccccc2n1CCN(C)C. The van der Waals surface area contributed by atoms with Gasteiger partial charge in [0.2, 0.25) is 0 Å². The number of nitrogens with zero attached hydrogens (tertiary/aromatic N) is 3. The number of imidazole rings is 1. The monoisotopic (exact) mass is 217 g/mol. The maximum Gasteiger partial charge on any atom is 0.109 e. The zero-order valence-corrected chi connectivity index (χ0v) is 10.3. The summed E-state index contributed by atoms with van der Waals surface area (Å²) >= 11 is 0. The summed E-state index contributed by atoms with van der Waals surface area (Å²) < 4.78 is 2.33. The average Bonchev–Trinajstić information content (AvgIpc) is 2.64. The standard InChI is InChI=1S/C13H19N3/c1-4-13-14-11-7-5-6-8-12(11)16(13)10-9-15(2)3/h5-8H,4,9-10H2,1-3H3. The highest BCUT2D eigenvalue weighted by molar-refractivity contribution is 5.75. The van der Waals surface area contributed by atoms with Crippen LogP contribution in [0.3, 0.4) is 0 Å². The minimum Gasteiger partial charge on any atom is -0.327 e. The highest BCUT2D eigenvalue weighted by Crippen LogP contribution is 2.16. The first kappa shape index (κ1) is 11.1. The Hall–Kier alpha value is -1.35. The van der Waals surface area contributed by atoms with Crippen LogP contribution in [-0.4, -0.2) is 35.1 Å². The van der Waals surface area contributed by atoms with E-state index in [9.17, 15) is 0 Å². The van der Waals surface area contributed by atoms with Crippen molar-refractivity contribution in [3.8, 4) is 0 Å². The molecule has 3 heteroatoms. The molecule has 0 bridgehead atoms. The molecule has 0 saturated heterocycles. The molecular formula is C13H19N3. The quantitative estimate of drug-likeness (QED) is 0.782. The average molecular weight is 217 g/mol. The van der Waals surface area contributed by atoms with Crippen LogP contribution < -0.4 is 0 Å². The maximum atomic E-state index is 4.65. The normalized spacial score (nSPS) is 11.5. The van der Waals surface area contributed by atoms with Crippen molar-refractivity contribution in [1.29, 1.82) is 0 Å². The Morgan fingerprint density at radius 1 is 1.25 bits per heavy atom. The molecule has 2 aromatic rings. The first-order valence-electron chi connectivity index (χ1n) is 5.81. The molecule has 0 amide bonds. The van der Waals surface area contributed by atoms with Gasteiger partial charge in [0.15, 0.2) is 0 Å². The number of rotatable bonds is 4. The predicted octanol–water partition coefficient (Wildman–Crippen LogP) is 2.16. The molecule has 1 heterocycles. The van der Waals surface area contributed by atoms with Gasteiger partial charge in [-0.15, -0.1) is 0 Å². The molecule has 0 N–H and O–H groups in total. The van der Waals surface area contributed by atoms with Gasteiger partial charge < -0.3 is 9.47 Å². The van der Waals surface area contributed by atoms with E-state index in [4.69, 9.17) is 0 Å². The van der Waals surface area contributed by atoms with E-state index in [-0.39, 0.29) is 0 Å². The summed E-state index contributed by atoms with van der Waals surface area (Å²) in [6.07, 6.45) is 0.988. The van der Waals surface area contributed by atoms with Crippen molar-refractivity contribution in [3.63, 3.8) is 0 Å². The zero-order chi connectivity index (χ0) is 11.5. The summed E-state index contributed by atoms with van der Waals surface area (Å²) in [6, 6.07) is 8.36. The Kier molecular flexibility index (Phi) is 3.25. The fourth-order valence-electron chi connectivity index (χ4n) is 1.94. The van der Waals surface area contributed by atoms with Crippen LogP contribution in [0.25, 0.3) is 11.0 Å². The minimum atomic E-state index is 0.988. The summed E-state index contributed by atoms with van der Waals surface area (Å²) in [5.74, 6) is 1.18. The highest BCUT2D eigenvalue weighted by Gasteiger charge is 2.08. The Labute approximate surface area is 96.7 Å². The van der Waals surface area contributed by atoms with Crippen molar-refractivity contribution in [3.05, 3.63) is 30.1 Å². The molecule has 1 aromatic heterocycles. The Morgan fingerprint density at radius 2 is 2.00 bits per heavy atom. The van der Waals surface area contributed by atoms with Crippen LogP contribution in [0.5, 0.6) is 0 Å². The number of para-hydroxylation sites is 2. The zero-order valence-electron chi connectivity index (χ0n) is 10.3. The lowest BCUT2D eigenvalue weighted by atomic mass is 10.3. The second-order valence-corrected chi connectivity index (χ2v) is 4.33. The molecule has 0 aliphatic rings. The molecule has 1 aromatic carbocycles. The van der Waals surface area contributed by atoms with E-state index in [1.165, 1.54) is 11.3 Å². The molecule has 2 rings (SSSR count). The first-order valence-corrected chi connectivity index (χ1v) is 5.81. The van der Waals surface area contributed by atoms with Crippen molar-refractivity contribution in [2.24, 2.45) is 0 Å². The summed E-state index contributed by atoms with van der Waals surface area (Å²) in [5, 5.41) is 0. The third kappa shape index (κ3) is 2.09. The molecule has 86 valence electrons. The van der Waals surface area contributed by atoms with E-state index < -0.39 is 0 Å². The molecule has 0 saturated carbocycles. The van der Waals surface area contributed by atoms with E-state index in [2.05, 4.69) is 53.7 Å². The fourth-order valence-corrected chi connectivity index (χ4v) is 1.94. The van der Waals surface area contributed by atoms with E-state index >= 15 is 0 Å². The molecule has 16 heavy (non-hydrogen) atoms. The molecule has 0 radical (unpaired) electrons. The van der Waals surface area contributed by atoms with Gasteiger partial charge in [0.05, 0.1) is 11.0 Å². The van der Waals surface area contributed by atoms with Crippen LogP contribution in [0.15, 0.2) is 24.3 Å². The van der Waals surface area contributed by atoms with Crippen LogP contribution in [-0.2, 0) is 13.0 Å². The van der Waals surface area contributed by atoms with Gasteiger partial charge in [-0.05, 0) is 26.2 Å². The van der Waals surface area contributed by atoms with E-state index in [1.807, 2.05) is 6.07 Å². The number of aromatic nitrogens is 2. The van der Waals surface area contributed by atoms with Crippen LogP contribution in [0.2, 0.25) is 0 Å². The second-order valence-electron chi connectivity index (χ2n) is 4.33. The third-order valence-corrected chi connectivity index (χ3v) is 2.82. The van der Waals surface area contributed by atoms with Crippen molar-refractivity contribution < 1.29 is 0 Å². The molecule has 0 unspecified atom stereocenters. The van der Waals surface area contributed by atoms with Crippen molar-refractivity contribution in [1.82, 2.24) is 14.5 Å². The van der Waals surface area contributed by atoms with Gasteiger partial charge in [-0.1, -0.05) is 19.1 Å². The maximum absolute atomic E-state index is 4.65. The number of aryl methyl sites for hydroxylation is 1. The van der Waals surface area contributed by atoms with Crippen LogP contribution in [0.4, 0.5) is 0 Å². The van der Waals surface area contributed by atoms with Gasteiger partial charge in [0.25, 0.3) is 0 Å². The number of fused-ring (bicyclic) bond motifs is 1. The fraction of sp³-hybridized carbons (Fsp3) is 0.462. The number of hydrogen-bond acceptors (Lipinski definition) is 2. The molecule has 0 aliphatic carbocycles. The Bertz CT molecular complexity index is 471. The first-order chi connectivity index (χ1) is 7.72. The van der Waals surface area contributed by atoms with Crippen molar-refractivity contribution >= 4 is 11.0 Å². The van der Waals surface area contributed by atoms with Crippen LogP contribution in [0, 0.1) is 0 Å². The lowest BCUT2D eigenvalue weighted by Gasteiger charge is -2.12. The van der Waals surface area contributed by atoms with E-state index in [0.717, 1.165) is 25.0 Å². The molecule has 0 aliphatic heterocycles. The van der Waals surface area contributed by atoms with Gasteiger partial charge in [-0.3, -0.25) is 0 Å². The van der Waals surface area contributed by atoms with Gasteiger partial charge in [0, 0.05) is 19.5 Å². The molecular weight excluding hydrogens is 198 g/mol. The lowest BCUT2D eigenvalue weighted by Crippen LogP contribution is -2.19. The second kappa shape index (κ2) is 4.66. The number of hydrogen-bond donors (Lipinski definition) is 0. The van der Waals surface area contributed by atoms with Gasteiger partial charge >= 0.3 is 0 Å². The molecule has 0 fully saturated rings. The molecule has 3 nitrogen and oxygen atoms in total. The smallest absolute Gasteiger partial charge is 0.109 e. The van der Waals surface area contributed by atoms with Crippen LogP contribution >= 0.6 is 0 Å². The highest BCUT2D eigenvalue weighted by atomic mass is 15.1. The van der Waals surface area contributed by atoms with Crippen molar-refractivity contribution in [2.75, 3.05) is 20.6 Å². The molecule has 0 atom stereocenters. The summed E-state index contributed by atoms with van der Waals surface area (Å²) in [6.45, 7) is 4.22. The van der Waals surface area contributed by atoms with E-state index in [1.54, 1.807) is 0 Å². The van der Waals surface area contributed by atoms with Gasteiger partial charge in [-0.25, -0.2) is 4.98 Å². The van der Waals surface area contributed by atoms with Crippen LogP contribution in [0.1, 0.15) is 12.7 Å². The van der Waals surface area contributed by atoms with Gasteiger partial charge in [0.1, 0.15) is 5.82 Å². The van der Waals surface area contributed by atoms with Crippen molar-refractivity contribution in [2.45, 2.75) is 19.9 Å². The molecule has 0 spiro atoms. The summed E-state index contributed by atoms with van der Waals surface area (Å²) in [4.78, 5) is 6.86.